The van der Waals surface area contributed by atoms with Gasteiger partial charge in [-0.2, -0.15) is 5.10 Å². The van der Waals surface area contributed by atoms with E-state index in [0.717, 1.165) is 37.7 Å². The van der Waals surface area contributed by atoms with Crippen LogP contribution in [0.2, 0.25) is 5.02 Å². The van der Waals surface area contributed by atoms with E-state index in [9.17, 15) is 10.1 Å². The maximum absolute atomic E-state index is 11.1. The van der Waals surface area contributed by atoms with Gasteiger partial charge in [-0.15, -0.1) is 11.3 Å². The number of aromatic nitrogens is 1. The minimum atomic E-state index is -0.390. The van der Waals surface area contributed by atoms with Crippen molar-refractivity contribution in [1.82, 2.24) is 4.98 Å². The van der Waals surface area contributed by atoms with E-state index in [0.29, 0.717) is 11.4 Å². The summed E-state index contributed by atoms with van der Waals surface area (Å²) >= 11 is 11.0. The molecule has 0 spiro atoms. The molecule has 5 rings (SSSR count). The second-order valence-electron chi connectivity index (χ2n) is 7.49. The van der Waals surface area contributed by atoms with Crippen LogP contribution in [0.15, 0.2) is 87.8 Å². The zero-order chi connectivity index (χ0) is 22.9. The van der Waals surface area contributed by atoms with Crippen molar-refractivity contribution in [2.75, 3.05) is 5.01 Å². The summed E-state index contributed by atoms with van der Waals surface area (Å²) in [6.45, 7) is 0. The van der Waals surface area contributed by atoms with Crippen molar-refractivity contribution in [3.8, 4) is 11.3 Å². The number of benzene rings is 3. The number of rotatable bonds is 5. The van der Waals surface area contributed by atoms with Gasteiger partial charge in [0.25, 0.3) is 5.69 Å². The maximum atomic E-state index is 11.1. The summed E-state index contributed by atoms with van der Waals surface area (Å²) in [5.74, 6) is 0. The summed E-state index contributed by atoms with van der Waals surface area (Å²) in [4.78, 5) is 15.5. The molecule has 0 aliphatic carbocycles. The van der Waals surface area contributed by atoms with E-state index >= 15 is 0 Å². The quantitative estimate of drug-likeness (QED) is 0.195. The van der Waals surface area contributed by atoms with Crippen LogP contribution in [-0.4, -0.2) is 15.6 Å². The van der Waals surface area contributed by atoms with E-state index < -0.39 is 0 Å². The molecule has 1 unspecified atom stereocenters. The van der Waals surface area contributed by atoms with Gasteiger partial charge in [0.1, 0.15) is 0 Å². The Morgan fingerprint density at radius 1 is 1.00 bits per heavy atom. The predicted octanol–water partition coefficient (Wildman–Crippen LogP) is 7.49. The topological polar surface area (TPSA) is 71.6 Å². The Morgan fingerprint density at radius 2 is 1.67 bits per heavy atom. The van der Waals surface area contributed by atoms with Gasteiger partial charge in [0.05, 0.1) is 22.4 Å². The van der Waals surface area contributed by atoms with Crippen LogP contribution in [0.25, 0.3) is 11.3 Å². The highest BCUT2D eigenvalue weighted by molar-refractivity contribution is 9.10. The van der Waals surface area contributed by atoms with Crippen LogP contribution in [0.4, 0.5) is 10.8 Å². The van der Waals surface area contributed by atoms with E-state index in [2.05, 4.69) is 15.9 Å². The second kappa shape index (κ2) is 9.05. The first kappa shape index (κ1) is 21.8. The molecule has 0 bridgehead atoms. The van der Waals surface area contributed by atoms with E-state index in [4.69, 9.17) is 21.7 Å². The highest BCUT2D eigenvalue weighted by Gasteiger charge is 2.32. The van der Waals surface area contributed by atoms with Crippen LogP contribution < -0.4 is 5.01 Å². The Labute approximate surface area is 207 Å². The largest absolute Gasteiger partial charge is 0.269 e. The lowest BCUT2D eigenvalue weighted by molar-refractivity contribution is -0.384. The van der Waals surface area contributed by atoms with Crippen LogP contribution in [0.1, 0.15) is 23.6 Å². The SMILES string of the molecule is O=[N+]([O-])c1ccc(C2CC(c3ccc(Br)cc3)=NN2c2nc(-c3ccc(Cl)cc3)cs2)cc1. The number of thiazole rings is 1. The monoisotopic (exact) mass is 538 g/mol. The molecule has 1 aliphatic rings. The van der Waals surface area contributed by atoms with Gasteiger partial charge in [0, 0.05) is 39.0 Å². The van der Waals surface area contributed by atoms with Gasteiger partial charge in [-0.3, -0.25) is 10.1 Å². The molecule has 1 atom stereocenters. The minimum Gasteiger partial charge on any atom is -0.258 e. The molecule has 33 heavy (non-hydrogen) atoms. The fourth-order valence-electron chi connectivity index (χ4n) is 3.70. The van der Waals surface area contributed by atoms with Crippen LogP contribution in [0.5, 0.6) is 0 Å². The zero-order valence-corrected chi connectivity index (χ0v) is 20.2. The van der Waals surface area contributed by atoms with Gasteiger partial charge in [0.2, 0.25) is 5.13 Å². The molecule has 0 fully saturated rings. The average Bonchev–Trinajstić information content (AvgIpc) is 3.48. The van der Waals surface area contributed by atoms with E-state index in [1.54, 1.807) is 12.1 Å². The number of hydrazone groups is 1. The molecule has 164 valence electrons. The first-order valence-corrected chi connectivity index (χ1v) is 12.1. The van der Waals surface area contributed by atoms with Crippen molar-refractivity contribution >= 4 is 55.4 Å². The number of anilines is 1. The Bertz CT molecular complexity index is 1340. The molecule has 9 heteroatoms. The molecule has 1 aliphatic heterocycles. The Morgan fingerprint density at radius 3 is 2.33 bits per heavy atom. The number of nitro benzene ring substituents is 1. The fourth-order valence-corrected chi connectivity index (χ4v) is 4.93. The molecule has 4 aromatic rings. The van der Waals surface area contributed by atoms with Gasteiger partial charge < -0.3 is 0 Å². The van der Waals surface area contributed by atoms with Gasteiger partial charge >= 0.3 is 0 Å². The second-order valence-corrected chi connectivity index (χ2v) is 9.68. The smallest absolute Gasteiger partial charge is 0.258 e. The van der Waals surface area contributed by atoms with Gasteiger partial charge in [0.15, 0.2) is 0 Å². The van der Waals surface area contributed by atoms with Gasteiger partial charge in [-0.1, -0.05) is 63.9 Å². The van der Waals surface area contributed by atoms with E-state index in [1.165, 1.54) is 23.5 Å². The Hall–Kier alpha value is -3.07. The molecule has 0 radical (unpaired) electrons. The molecular formula is C24H16BrClN4O2S. The molecule has 1 aromatic heterocycles. The molecular weight excluding hydrogens is 524 g/mol. The van der Waals surface area contributed by atoms with Crippen molar-refractivity contribution in [1.29, 1.82) is 0 Å². The van der Waals surface area contributed by atoms with Gasteiger partial charge in [-0.05, 0) is 35.4 Å². The zero-order valence-electron chi connectivity index (χ0n) is 17.1. The van der Waals surface area contributed by atoms with Crippen molar-refractivity contribution < 1.29 is 4.92 Å². The minimum absolute atomic E-state index is 0.0663. The fraction of sp³-hybridized carbons (Fsp3) is 0.0833. The predicted molar refractivity (Wildman–Crippen MR) is 136 cm³/mol. The number of halogens is 2. The summed E-state index contributed by atoms with van der Waals surface area (Å²) in [5.41, 5.74) is 4.80. The number of non-ortho nitro benzene ring substituents is 1. The van der Waals surface area contributed by atoms with Crippen molar-refractivity contribution in [3.05, 3.63) is 109 Å². The first-order chi connectivity index (χ1) is 16.0. The molecule has 6 nitrogen and oxygen atoms in total. The summed E-state index contributed by atoms with van der Waals surface area (Å²) in [7, 11) is 0. The molecule has 0 N–H and O–H groups in total. The van der Waals surface area contributed by atoms with Crippen LogP contribution in [0, 0.1) is 10.1 Å². The summed E-state index contributed by atoms with van der Waals surface area (Å²) in [6, 6.07) is 22.1. The molecule has 3 aromatic carbocycles. The van der Waals surface area contributed by atoms with Crippen molar-refractivity contribution in [3.63, 3.8) is 0 Å². The third kappa shape index (κ3) is 4.55. The molecule has 0 saturated heterocycles. The summed E-state index contributed by atoms with van der Waals surface area (Å²) in [5, 5.41) is 21.4. The number of nitro groups is 1. The standard InChI is InChI=1S/C24H16BrClN4O2S/c25-18-7-1-15(2-8-18)21-13-23(17-5-11-20(12-6-17)30(31)32)29(28-21)24-27-22(14-33-24)16-3-9-19(26)10-4-16/h1-12,14,23H,13H2. The van der Waals surface area contributed by atoms with Crippen LogP contribution in [-0.2, 0) is 0 Å². The number of nitrogens with zero attached hydrogens (tertiary/aromatic N) is 4. The van der Waals surface area contributed by atoms with Crippen LogP contribution >= 0.6 is 38.9 Å². The Balaban J connectivity index is 1.52. The summed E-state index contributed by atoms with van der Waals surface area (Å²) < 4.78 is 1.00. The molecule has 0 saturated carbocycles. The average molecular weight is 540 g/mol. The first-order valence-electron chi connectivity index (χ1n) is 10.1. The lowest BCUT2D eigenvalue weighted by Crippen LogP contribution is -2.18. The highest BCUT2D eigenvalue weighted by atomic mass is 79.9. The lowest BCUT2D eigenvalue weighted by Gasteiger charge is -2.21. The van der Waals surface area contributed by atoms with Crippen molar-refractivity contribution in [2.45, 2.75) is 12.5 Å². The summed E-state index contributed by atoms with van der Waals surface area (Å²) in [6.07, 6.45) is 0.662. The maximum Gasteiger partial charge on any atom is 0.269 e. The van der Waals surface area contributed by atoms with E-state index in [-0.39, 0.29) is 16.7 Å². The third-order valence-corrected chi connectivity index (χ3v) is 7.02. The molecule has 0 amide bonds. The number of hydrogen-bond donors (Lipinski definition) is 0. The van der Waals surface area contributed by atoms with Crippen molar-refractivity contribution in [2.24, 2.45) is 5.10 Å². The highest BCUT2D eigenvalue weighted by Crippen LogP contribution is 2.40. The Kier molecular flexibility index (Phi) is 5.97. The lowest BCUT2D eigenvalue weighted by atomic mass is 9.98. The normalized spacial score (nSPS) is 15.5. The van der Waals surface area contributed by atoms with E-state index in [1.807, 2.05) is 58.9 Å². The molecule has 2 heterocycles. The number of hydrogen-bond acceptors (Lipinski definition) is 6. The third-order valence-electron chi connectivity index (χ3n) is 5.40. The van der Waals surface area contributed by atoms with Crippen LogP contribution in [0.3, 0.4) is 0 Å². The van der Waals surface area contributed by atoms with Gasteiger partial charge in [-0.25, -0.2) is 9.99 Å².